The Balaban J connectivity index is 0.000000296. The van der Waals surface area contributed by atoms with E-state index in [0.717, 1.165) is 22.6 Å². The van der Waals surface area contributed by atoms with Crippen molar-refractivity contribution in [2.24, 2.45) is 5.73 Å². The van der Waals surface area contributed by atoms with Gasteiger partial charge in [0, 0.05) is 33.7 Å². The van der Waals surface area contributed by atoms with E-state index in [1.165, 1.54) is 5.56 Å². The minimum Gasteiger partial charge on any atom is -1.00 e. The molecule has 2 radical (unpaired) electrons. The van der Waals surface area contributed by atoms with Gasteiger partial charge >= 0.3 is 5.97 Å². The molecule has 6 nitrogen and oxygen atoms in total. The van der Waals surface area contributed by atoms with E-state index >= 15 is 0 Å². The maximum absolute atomic E-state index is 10.4. The molecule has 0 saturated carbocycles. The second-order valence-electron chi connectivity index (χ2n) is 8.22. The summed E-state index contributed by atoms with van der Waals surface area (Å²) in [6, 6.07) is 33.4. The van der Waals surface area contributed by atoms with Crippen LogP contribution in [-0.2, 0) is 31.6 Å². The molecule has 0 saturated heterocycles. The number of benzene rings is 3. The normalized spacial score (nSPS) is 13.1. The topological polar surface area (TPSA) is 82.7 Å². The van der Waals surface area contributed by atoms with Crippen LogP contribution in [0.5, 0.6) is 0 Å². The van der Waals surface area contributed by atoms with Crippen molar-refractivity contribution in [1.29, 1.82) is 0 Å². The van der Waals surface area contributed by atoms with E-state index < -0.39 is 12.0 Å². The van der Waals surface area contributed by atoms with Crippen LogP contribution in [0.2, 0.25) is 0 Å². The van der Waals surface area contributed by atoms with Gasteiger partial charge in [-0.3, -0.25) is 9.78 Å². The first-order chi connectivity index (χ1) is 17.0. The monoisotopic (exact) mass is 605 g/mol. The van der Waals surface area contributed by atoms with E-state index in [-0.39, 0.29) is 38.9 Å². The predicted molar refractivity (Wildman–Crippen MR) is 139 cm³/mol. The molecule has 1 aromatic heterocycles. The first-order valence-electron chi connectivity index (χ1n) is 11.4. The molecule has 0 unspecified atom stereocenters. The van der Waals surface area contributed by atoms with Crippen LogP contribution in [0.4, 0.5) is 11.4 Å². The van der Waals surface area contributed by atoms with Crippen LogP contribution in [0.3, 0.4) is 0 Å². The molecule has 0 fully saturated rings. The number of para-hydroxylation sites is 2. The van der Waals surface area contributed by atoms with E-state index in [2.05, 4.69) is 71.1 Å². The Morgan fingerprint density at radius 2 is 1.46 bits per heavy atom. The Morgan fingerprint density at radius 3 is 2.05 bits per heavy atom. The Morgan fingerprint density at radius 1 is 0.892 bits per heavy atom. The summed E-state index contributed by atoms with van der Waals surface area (Å²) in [5, 5.41) is 8.52. The van der Waals surface area contributed by atoms with Gasteiger partial charge in [-0.05, 0) is 41.8 Å². The first-order valence-corrected chi connectivity index (χ1v) is 11.4. The zero-order chi connectivity index (χ0) is 24.6. The minimum absolute atomic E-state index is 0. The number of halogens is 1. The predicted octanol–water partition coefficient (Wildman–Crippen LogP) is 1.77. The third kappa shape index (κ3) is 7.64. The molecular weight excluding hydrogens is 578 g/mol. The van der Waals surface area contributed by atoms with Crippen LogP contribution in [0.25, 0.3) is 0 Å². The largest absolute Gasteiger partial charge is 1.00 e. The van der Waals surface area contributed by atoms with Gasteiger partial charge in [0.1, 0.15) is 6.04 Å². The van der Waals surface area contributed by atoms with Crippen LogP contribution in [0.1, 0.15) is 22.9 Å². The fourth-order valence-electron chi connectivity index (χ4n) is 4.00. The third-order valence-corrected chi connectivity index (χ3v) is 5.72. The van der Waals surface area contributed by atoms with E-state index in [9.17, 15) is 4.79 Å². The van der Waals surface area contributed by atoms with Gasteiger partial charge in [-0.25, -0.2) is 0 Å². The van der Waals surface area contributed by atoms with Gasteiger partial charge in [-0.15, -0.1) is 0 Å². The summed E-state index contributed by atoms with van der Waals surface area (Å²) >= 11 is 0. The quantitative estimate of drug-likeness (QED) is 0.326. The molecule has 5 rings (SSSR count). The molecule has 1 aliphatic rings. The minimum atomic E-state index is -0.959. The standard InChI is InChI=1S/C20H17N3.C9H11NO2.ClH.Pd/c1-22-15-23(19-13-6-5-12-18(19)22)20(16-9-3-2-4-10-16)17-11-7-8-14-21-17;10-8(9(11)12)6-7-4-2-1-3-5-7;;/h2-14,20H,1H3;1-5,8H,6,10H2,(H,11,12);1H;/p-1/t20-;8-;;/m00../s1. The number of rotatable bonds is 6. The van der Waals surface area contributed by atoms with Crippen molar-refractivity contribution in [1.82, 2.24) is 4.98 Å². The SMILES string of the molecule is CN1[C]N([C@@H](c2ccccc2)c2ccccn2)c2ccccc21.N[C@@H](Cc1ccccc1)C(=O)O.[Cl-].[Pd]. The van der Waals surface area contributed by atoms with Gasteiger partial charge in [0.05, 0.1) is 23.1 Å². The van der Waals surface area contributed by atoms with Crippen LogP contribution in [0, 0.1) is 6.67 Å². The summed E-state index contributed by atoms with van der Waals surface area (Å²) < 4.78 is 0. The smallest absolute Gasteiger partial charge is 0.320 e. The van der Waals surface area contributed by atoms with E-state index in [1.807, 2.05) is 66.7 Å². The van der Waals surface area contributed by atoms with E-state index in [4.69, 9.17) is 10.8 Å². The van der Waals surface area contributed by atoms with Crippen molar-refractivity contribution in [2.75, 3.05) is 16.8 Å². The maximum atomic E-state index is 10.4. The summed E-state index contributed by atoms with van der Waals surface area (Å²) in [5.41, 5.74) is 10.8. The molecule has 194 valence electrons. The number of carboxylic acid groups (broad SMARTS) is 1. The molecule has 4 aromatic rings. The maximum Gasteiger partial charge on any atom is 0.320 e. The van der Waals surface area contributed by atoms with Crippen molar-refractivity contribution >= 4 is 17.3 Å². The van der Waals surface area contributed by atoms with Crippen molar-refractivity contribution in [3.63, 3.8) is 0 Å². The van der Waals surface area contributed by atoms with Crippen molar-refractivity contribution < 1.29 is 42.7 Å². The molecule has 2 atom stereocenters. The van der Waals surface area contributed by atoms with Crippen molar-refractivity contribution in [3.8, 4) is 0 Å². The molecule has 8 heteroatoms. The molecule has 0 bridgehead atoms. The zero-order valence-electron chi connectivity index (χ0n) is 20.2. The van der Waals surface area contributed by atoms with Gasteiger partial charge in [0.25, 0.3) is 0 Å². The number of nitrogens with two attached hydrogens (primary N) is 1. The number of fused-ring (bicyclic) bond motifs is 1. The van der Waals surface area contributed by atoms with Gasteiger partial charge < -0.3 is 33.0 Å². The van der Waals surface area contributed by atoms with E-state index in [0.29, 0.717) is 6.42 Å². The van der Waals surface area contributed by atoms with Crippen LogP contribution in [-0.4, -0.2) is 29.1 Å². The summed E-state index contributed by atoms with van der Waals surface area (Å²) in [7, 11) is 2.03. The summed E-state index contributed by atoms with van der Waals surface area (Å²) in [5.74, 6) is -0.959. The number of carbonyl (C=O) groups is 1. The number of aromatic nitrogens is 1. The molecule has 0 spiro atoms. The molecule has 0 aliphatic carbocycles. The summed E-state index contributed by atoms with van der Waals surface area (Å²) in [4.78, 5) is 19.2. The molecule has 0 amide bonds. The van der Waals surface area contributed by atoms with Crippen molar-refractivity contribution in [2.45, 2.75) is 18.5 Å². The molecule has 2 heterocycles. The molecule has 1 aliphatic heterocycles. The average Bonchev–Trinajstić information content (AvgIpc) is 3.22. The summed E-state index contributed by atoms with van der Waals surface area (Å²) in [6.07, 6.45) is 2.23. The molecular formula is C29H28ClN4O2Pd-. The molecule has 37 heavy (non-hydrogen) atoms. The number of hydrogen-bond donors (Lipinski definition) is 2. The number of hydrogen-bond acceptors (Lipinski definition) is 5. The first kappa shape index (κ1) is 30.0. The average molecular weight is 606 g/mol. The van der Waals surface area contributed by atoms with Crippen LogP contribution < -0.4 is 27.9 Å². The number of nitrogens with zero attached hydrogens (tertiary/aromatic N) is 3. The van der Waals surface area contributed by atoms with Crippen molar-refractivity contribution in [3.05, 3.63) is 133 Å². The second kappa shape index (κ2) is 14.5. The number of anilines is 2. The van der Waals surface area contributed by atoms with Crippen LogP contribution >= 0.6 is 0 Å². The Hall–Kier alpha value is -3.21. The van der Waals surface area contributed by atoms with Crippen LogP contribution in [0.15, 0.2) is 109 Å². The molecule has 3 aromatic carbocycles. The Kier molecular flexibility index (Phi) is 11.8. The number of carboxylic acids is 1. The third-order valence-electron chi connectivity index (χ3n) is 5.72. The van der Waals surface area contributed by atoms with Gasteiger partial charge in [0.15, 0.2) is 0 Å². The van der Waals surface area contributed by atoms with Gasteiger partial charge in [0.2, 0.25) is 6.67 Å². The fraction of sp³-hybridized carbons (Fsp3) is 0.138. The van der Waals surface area contributed by atoms with Gasteiger partial charge in [-0.2, -0.15) is 0 Å². The second-order valence-corrected chi connectivity index (χ2v) is 8.22. The Bertz CT molecular complexity index is 1190. The molecule has 3 N–H and O–H groups in total. The Labute approximate surface area is 238 Å². The fourth-order valence-corrected chi connectivity index (χ4v) is 4.00. The zero-order valence-corrected chi connectivity index (χ0v) is 22.5. The van der Waals surface area contributed by atoms with Gasteiger partial charge in [-0.1, -0.05) is 78.9 Å². The van der Waals surface area contributed by atoms with E-state index in [1.54, 1.807) is 0 Å². The number of aliphatic carboxylic acids is 1. The number of pyridine rings is 1. The summed E-state index contributed by atoms with van der Waals surface area (Å²) in [6.45, 7) is 3.44.